The highest BCUT2D eigenvalue weighted by molar-refractivity contribution is 8.08. The highest BCUT2D eigenvalue weighted by Gasteiger charge is 2.21. The number of nitrogens with one attached hydrogen (secondary N) is 3. The van der Waals surface area contributed by atoms with Gasteiger partial charge in [0.25, 0.3) is 0 Å². The van der Waals surface area contributed by atoms with Crippen LogP contribution in [0.2, 0.25) is 0 Å². The second kappa shape index (κ2) is 7.05. The standard InChI is InChI=1S/C20H24N6S/c1-13-10-23-20-18(13)16(5-7-22-20)26-8-9-27-17(12-26)15-11-24-19(25-15)14-4-2-3-6-21-14/h5,7,10-12,14,21H,2-4,6,8-9H2,1H3,(H,22,23)(H,24,25)/t14-/m1/s1. The summed E-state index contributed by atoms with van der Waals surface area (Å²) < 4.78 is 0. The Bertz CT molecular complexity index is 981. The van der Waals surface area contributed by atoms with E-state index in [9.17, 15) is 0 Å². The Morgan fingerprint density at radius 2 is 2.22 bits per heavy atom. The molecule has 2 aliphatic rings. The molecule has 2 aliphatic heterocycles. The van der Waals surface area contributed by atoms with Crippen LogP contribution in [0, 0.1) is 6.92 Å². The molecule has 5 rings (SSSR count). The van der Waals surface area contributed by atoms with Crippen molar-refractivity contribution in [2.24, 2.45) is 0 Å². The number of aromatic nitrogens is 4. The van der Waals surface area contributed by atoms with Crippen molar-refractivity contribution in [1.29, 1.82) is 0 Å². The summed E-state index contributed by atoms with van der Waals surface area (Å²) in [5.74, 6) is 2.12. The fourth-order valence-electron chi connectivity index (χ4n) is 4.00. The molecule has 0 aromatic carbocycles. The molecule has 6 nitrogen and oxygen atoms in total. The van der Waals surface area contributed by atoms with Crippen molar-refractivity contribution < 1.29 is 0 Å². The van der Waals surface area contributed by atoms with Gasteiger partial charge < -0.3 is 20.2 Å². The number of nitrogens with zero attached hydrogens (tertiary/aromatic N) is 3. The molecular weight excluding hydrogens is 356 g/mol. The van der Waals surface area contributed by atoms with Crippen LogP contribution in [0.4, 0.5) is 5.69 Å². The Balaban J connectivity index is 1.46. The molecule has 3 aromatic rings. The van der Waals surface area contributed by atoms with Gasteiger partial charge >= 0.3 is 0 Å². The number of hydrogen-bond donors (Lipinski definition) is 3. The summed E-state index contributed by atoms with van der Waals surface area (Å²) in [5.41, 5.74) is 4.51. The fraction of sp³-hybridized carbons (Fsp3) is 0.400. The van der Waals surface area contributed by atoms with Crippen LogP contribution >= 0.6 is 11.8 Å². The average molecular weight is 381 g/mol. The minimum Gasteiger partial charge on any atom is -0.346 e. The molecule has 0 radical (unpaired) electrons. The van der Waals surface area contributed by atoms with Gasteiger partial charge in [-0.2, -0.15) is 0 Å². The third-order valence-electron chi connectivity index (χ3n) is 5.42. The maximum atomic E-state index is 4.66. The SMILES string of the molecule is Cc1c[nH]c2nccc(N3C=C(c4cnc([C@H]5CCCCN5)[nH]4)SCC3)c12. The third kappa shape index (κ3) is 3.15. The van der Waals surface area contributed by atoms with Crippen LogP contribution in [0.1, 0.15) is 42.4 Å². The zero-order valence-corrected chi connectivity index (χ0v) is 16.3. The number of anilines is 1. The van der Waals surface area contributed by atoms with Gasteiger partial charge in [0.05, 0.1) is 23.6 Å². The Kier molecular flexibility index (Phi) is 4.41. The summed E-state index contributed by atoms with van der Waals surface area (Å²) in [6.07, 6.45) is 11.8. The molecule has 140 valence electrons. The molecule has 1 saturated heterocycles. The Morgan fingerprint density at radius 1 is 1.26 bits per heavy atom. The minimum absolute atomic E-state index is 0.361. The Labute approximate surface area is 162 Å². The molecule has 1 atom stereocenters. The number of aryl methyl sites for hydroxylation is 1. The molecule has 0 aliphatic carbocycles. The zero-order valence-electron chi connectivity index (χ0n) is 15.5. The third-order valence-corrected chi connectivity index (χ3v) is 6.45. The van der Waals surface area contributed by atoms with Gasteiger partial charge in [0.15, 0.2) is 0 Å². The van der Waals surface area contributed by atoms with Crippen LogP contribution in [-0.2, 0) is 0 Å². The number of thioether (sulfide) groups is 1. The summed E-state index contributed by atoms with van der Waals surface area (Å²) in [4.78, 5) is 19.5. The van der Waals surface area contributed by atoms with Crippen molar-refractivity contribution in [3.63, 3.8) is 0 Å². The topological polar surface area (TPSA) is 72.6 Å². The summed E-state index contributed by atoms with van der Waals surface area (Å²) >= 11 is 1.89. The number of hydrogen-bond acceptors (Lipinski definition) is 5. The predicted molar refractivity (Wildman–Crippen MR) is 112 cm³/mol. The van der Waals surface area contributed by atoms with Gasteiger partial charge in [-0.1, -0.05) is 6.42 Å². The van der Waals surface area contributed by atoms with Crippen LogP contribution in [-0.4, -0.2) is 38.8 Å². The van der Waals surface area contributed by atoms with Crippen molar-refractivity contribution in [2.45, 2.75) is 32.2 Å². The molecular formula is C20H24N6S. The largest absolute Gasteiger partial charge is 0.346 e. The highest BCUT2D eigenvalue weighted by atomic mass is 32.2. The molecule has 0 bridgehead atoms. The number of fused-ring (bicyclic) bond motifs is 1. The number of aromatic amines is 2. The Morgan fingerprint density at radius 3 is 3.11 bits per heavy atom. The van der Waals surface area contributed by atoms with E-state index in [0.717, 1.165) is 42.4 Å². The van der Waals surface area contributed by atoms with Gasteiger partial charge in [0.2, 0.25) is 0 Å². The van der Waals surface area contributed by atoms with E-state index in [1.54, 1.807) is 0 Å². The average Bonchev–Trinajstić information content (AvgIpc) is 3.36. The summed E-state index contributed by atoms with van der Waals surface area (Å²) in [7, 11) is 0. The second-order valence-corrected chi connectivity index (χ2v) is 8.38. The maximum absolute atomic E-state index is 4.66. The van der Waals surface area contributed by atoms with Crippen molar-refractivity contribution in [2.75, 3.05) is 23.7 Å². The van der Waals surface area contributed by atoms with Crippen molar-refractivity contribution >= 4 is 33.4 Å². The molecule has 0 spiro atoms. The number of pyridine rings is 1. The number of rotatable bonds is 3. The van der Waals surface area contributed by atoms with Crippen molar-refractivity contribution in [3.05, 3.63) is 47.9 Å². The first-order chi connectivity index (χ1) is 13.3. The lowest BCUT2D eigenvalue weighted by Crippen LogP contribution is -2.27. The monoisotopic (exact) mass is 380 g/mol. The molecule has 27 heavy (non-hydrogen) atoms. The van der Waals surface area contributed by atoms with E-state index in [1.165, 1.54) is 34.4 Å². The first-order valence-electron chi connectivity index (χ1n) is 9.62. The van der Waals surface area contributed by atoms with Crippen molar-refractivity contribution in [1.82, 2.24) is 25.3 Å². The Hall–Kier alpha value is -2.25. The lowest BCUT2D eigenvalue weighted by atomic mass is 10.0. The molecule has 0 saturated carbocycles. The fourth-order valence-corrected chi connectivity index (χ4v) is 4.97. The van der Waals surface area contributed by atoms with E-state index >= 15 is 0 Å². The maximum Gasteiger partial charge on any atom is 0.139 e. The zero-order chi connectivity index (χ0) is 18.2. The normalized spacial score (nSPS) is 20.9. The molecule has 0 amide bonds. The van der Waals surface area contributed by atoms with Crippen molar-refractivity contribution in [3.8, 4) is 0 Å². The first kappa shape index (κ1) is 16.9. The van der Waals surface area contributed by atoms with Gasteiger partial charge in [-0.15, -0.1) is 11.8 Å². The number of H-pyrrole nitrogens is 2. The van der Waals surface area contributed by atoms with E-state index in [-0.39, 0.29) is 0 Å². The van der Waals surface area contributed by atoms with Crippen LogP contribution < -0.4 is 10.2 Å². The molecule has 3 N–H and O–H groups in total. The number of imidazole rings is 1. The van der Waals surface area contributed by atoms with Gasteiger partial charge in [-0.05, 0) is 37.9 Å². The van der Waals surface area contributed by atoms with Gasteiger partial charge in [-0.25, -0.2) is 9.97 Å². The highest BCUT2D eigenvalue weighted by Crippen LogP contribution is 2.36. The smallest absolute Gasteiger partial charge is 0.139 e. The van der Waals surface area contributed by atoms with Crippen LogP contribution in [0.3, 0.4) is 0 Å². The summed E-state index contributed by atoms with van der Waals surface area (Å²) in [6, 6.07) is 2.47. The molecule has 5 heterocycles. The van der Waals surface area contributed by atoms with Gasteiger partial charge in [0, 0.05) is 41.2 Å². The summed E-state index contributed by atoms with van der Waals surface area (Å²) in [6.45, 7) is 4.20. The minimum atomic E-state index is 0.361. The van der Waals surface area contributed by atoms with E-state index in [1.807, 2.05) is 30.4 Å². The van der Waals surface area contributed by atoms with Crippen LogP contribution in [0.25, 0.3) is 15.9 Å². The summed E-state index contributed by atoms with van der Waals surface area (Å²) in [5, 5.41) is 4.77. The van der Waals surface area contributed by atoms with E-state index in [2.05, 4.69) is 49.3 Å². The van der Waals surface area contributed by atoms with E-state index in [0.29, 0.717) is 6.04 Å². The molecule has 1 fully saturated rings. The van der Waals surface area contributed by atoms with Gasteiger partial charge in [-0.3, -0.25) is 0 Å². The lowest BCUT2D eigenvalue weighted by Gasteiger charge is -2.27. The number of piperidine rings is 1. The van der Waals surface area contributed by atoms with Crippen LogP contribution in [0.5, 0.6) is 0 Å². The first-order valence-corrected chi connectivity index (χ1v) is 10.6. The van der Waals surface area contributed by atoms with Crippen LogP contribution in [0.15, 0.2) is 30.9 Å². The molecule has 3 aromatic heterocycles. The second-order valence-electron chi connectivity index (χ2n) is 7.25. The molecule has 7 heteroatoms. The molecule has 0 unspecified atom stereocenters. The quantitative estimate of drug-likeness (QED) is 0.641. The van der Waals surface area contributed by atoms with E-state index < -0.39 is 0 Å². The predicted octanol–water partition coefficient (Wildman–Crippen LogP) is 3.96. The van der Waals surface area contributed by atoms with E-state index in [4.69, 9.17) is 0 Å². The van der Waals surface area contributed by atoms with Gasteiger partial charge in [0.1, 0.15) is 11.5 Å². The lowest BCUT2D eigenvalue weighted by molar-refractivity contribution is 0.399.